The van der Waals surface area contributed by atoms with Crippen LogP contribution in [0.15, 0.2) is 36.5 Å². The van der Waals surface area contributed by atoms with Gasteiger partial charge >= 0.3 is 6.18 Å². The predicted octanol–water partition coefficient (Wildman–Crippen LogP) is 3.27. The molecule has 0 bridgehead atoms. The highest BCUT2D eigenvalue weighted by Gasteiger charge is 2.34. The molecule has 0 fully saturated rings. The smallest absolute Gasteiger partial charge is 0.355 e. The maximum atomic E-state index is 13.1. The number of hydrogen-bond acceptors (Lipinski definition) is 4. The van der Waals surface area contributed by atoms with Crippen LogP contribution in [0.3, 0.4) is 0 Å². The van der Waals surface area contributed by atoms with E-state index in [0.717, 1.165) is 6.07 Å². The summed E-state index contributed by atoms with van der Waals surface area (Å²) in [6.45, 7) is 0. The summed E-state index contributed by atoms with van der Waals surface area (Å²) in [4.78, 5) is 3.85. The van der Waals surface area contributed by atoms with Crippen LogP contribution in [0.4, 0.5) is 34.8 Å². The van der Waals surface area contributed by atoms with Gasteiger partial charge in [-0.15, -0.1) is 0 Å². The number of pyridine rings is 1. The van der Waals surface area contributed by atoms with E-state index in [4.69, 9.17) is 5.84 Å². The minimum atomic E-state index is -4.75. The van der Waals surface area contributed by atoms with Crippen molar-refractivity contribution >= 4 is 17.2 Å². The molecule has 1 heterocycles. The quantitative estimate of drug-likeness (QED) is 0.460. The largest absolute Gasteiger partial charge is 0.419 e. The molecule has 1 aromatic heterocycles. The lowest BCUT2D eigenvalue weighted by molar-refractivity contribution is -0.139. The number of nitrogens with one attached hydrogen (secondary N) is 2. The molecule has 106 valence electrons. The molecule has 0 radical (unpaired) electrons. The lowest BCUT2D eigenvalue weighted by Crippen LogP contribution is -2.09. The molecular weight excluding hydrogens is 276 g/mol. The fraction of sp³-hybridized carbons (Fsp3) is 0.0833. The van der Waals surface area contributed by atoms with Crippen LogP contribution in [0.2, 0.25) is 0 Å². The Labute approximate surface area is 111 Å². The number of nitrogens with zero attached hydrogens (tertiary/aromatic N) is 1. The lowest BCUT2D eigenvalue weighted by atomic mass is 10.1. The summed E-state index contributed by atoms with van der Waals surface area (Å²) in [7, 11) is 0. The van der Waals surface area contributed by atoms with Gasteiger partial charge in [-0.05, 0) is 24.3 Å². The second kappa shape index (κ2) is 5.33. The van der Waals surface area contributed by atoms with Crippen molar-refractivity contribution in [3.05, 3.63) is 47.9 Å². The Kier molecular flexibility index (Phi) is 3.75. The number of hydrazine groups is 1. The molecule has 0 aliphatic rings. The molecule has 0 saturated carbocycles. The molecule has 0 spiro atoms. The molecule has 1 aromatic carbocycles. The van der Waals surface area contributed by atoms with Gasteiger partial charge < -0.3 is 10.7 Å². The summed E-state index contributed by atoms with van der Waals surface area (Å²) >= 11 is 0. The maximum Gasteiger partial charge on any atom is 0.419 e. The lowest BCUT2D eigenvalue weighted by Gasteiger charge is -2.12. The average Bonchev–Trinajstić information content (AvgIpc) is 2.40. The Morgan fingerprint density at radius 3 is 2.40 bits per heavy atom. The topological polar surface area (TPSA) is 63.0 Å². The fourth-order valence-electron chi connectivity index (χ4n) is 1.57. The Morgan fingerprint density at radius 2 is 1.75 bits per heavy atom. The van der Waals surface area contributed by atoms with Crippen LogP contribution in [-0.4, -0.2) is 4.98 Å². The van der Waals surface area contributed by atoms with Crippen molar-refractivity contribution in [2.45, 2.75) is 6.18 Å². The first kappa shape index (κ1) is 14.1. The first-order chi connectivity index (χ1) is 9.40. The fourth-order valence-corrected chi connectivity index (χ4v) is 1.57. The second-order valence-electron chi connectivity index (χ2n) is 3.89. The van der Waals surface area contributed by atoms with Crippen molar-refractivity contribution in [1.29, 1.82) is 0 Å². The van der Waals surface area contributed by atoms with Gasteiger partial charge in [-0.2, -0.15) is 13.2 Å². The van der Waals surface area contributed by atoms with E-state index >= 15 is 0 Å². The highest BCUT2D eigenvalue weighted by molar-refractivity contribution is 5.63. The first-order valence-corrected chi connectivity index (χ1v) is 5.46. The molecule has 8 heteroatoms. The normalized spacial score (nSPS) is 11.2. The first-order valence-electron chi connectivity index (χ1n) is 5.46. The summed E-state index contributed by atoms with van der Waals surface area (Å²) in [5.74, 6) is 4.20. The van der Waals surface area contributed by atoms with Crippen LogP contribution in [0.5, 0.6) is 0 Å². The van der Waals surface area contributed by atoms with Crippen molar-refractivity contribution in [3.8, 4) is 0 Å². The zero-order valence-electron chi connectivity index (χ0n) is 10.0. The van der Waals surface area contributed by atoms with E-state index in [-0.39, 0.29) is 5.69 Å². The molecular formula is C12H10F4N4. The van der Waals surface area contributed by atoms with Gasteiger partial charge in [0.25, 0.3) is 0 Å². The van der Waals surface area contributed by atoms with Crippen LogP contribution >= 0.6 is 0 Å². The minimum Gasteiger partial charge on any atom is -0.355 e. The third-order valence-corrected chi connectivity index (χ3v) is 2.47. The van der Waals surface area contributed by atoms with Gasteiger partial charge in [0.15, 0.2) is 0 Å². The standard InChI is InChI=1S/C12H10F4N4/c13-10-2-1-7(5-9(10)12(14,15)16)19-8-3-4-18-11(6-8)20-17/h1-6H,17H2,(H2,18,19,20). The number of halogens is 4. The molecule has 20 heavy (non-hydrogen) atoms. The number of nitrogens with two attached hydrogens (primary N) is 1. The van der Waals surface area contributed by atoms with Gasteiger partial charge in [0.1, 0.15) is 11.6 Å². The molecule has 0 atom stereocenters. The molecule has 0 aliphatic carbocycles. The molecule has 0 saturated heterocycles. The van der Waals surface area contributed by atoms with E-state index in [1.807, 2.05) is 0 Å². The molecule has 0 unspecified atom stereocenters. The molecule has 0 aliphatic heterocycles. The number of benzene rings is 1. The van der Waals surface area contributed by atoms with E-state index in [0.29, 0.717) is 17.6 Å². The number of rotatable bonds is 3. The van der Waals surface area contributed by atoms with Crippen LogP contribution in [0.1, 0.15) is 5.56 Å². The molecule has 4 nitrogen and oxygen atoms in total. The van der Waals surface area contributed by atoms with E-state index < -0.39 is 17.6 Å². The predicted molar refractivity (Wildman–Crippen MR) is 66.7 cm³/mol. The van der Waals surface area contributed by atoms with E-state index in [2.05, 4.69) is 15.7 Å². The molecule has 4 N–H and O–H groups in total. The number of aromatic nitrogens is 1. The van der Waals surface area contributed by atoms with Crippen LogP contribution < -0.4 is 16.6 Å². The Hall–Kier alpha value is -2.35. The zero-order chi connectivity index (χ0) is 14.8. The van der Waals surface area contributed by atoms with Gasteiger partial charge in [0, 0.05) is 23.6 Å². The van der Waals surface area contributed by atoms with Crippen molar-refractivity contribution in [2.24, 2.45) is 5.84 Å². The average molecular weight is 286 g/mol. The highest BCUT2D eigenvalue weighted by Crippen LogP contribution is 2.33. The van der Waals surface area contributed by atoms with Crippen molar-refractivity contribution in [2.75, 3.05) is 10.7 Å². The number of anilines is 3. The number of nitrogen functional groups attached to an aromatic ring is 1. The number of hydrogen-bond donors (Lipinski definition) is 3. The SMILES string of the molecule is NNc1cc(Nc2ccc(F)c(C(F)(F)F)c2)ccn1. The van der Waals surface area contributed by atoms with Crippen molar-refractivity contribution < 1.29 is 17.6 Å². The summed E-state index contributed by atoms with van der Waals surface area (Å²) in [6.07, 6.45) is -3.32. The third kappa shape index (κ3) is 3.15. The van der Waals surface area contributed by atoms with Crippen LogP contribution in [-0.2, 0) is 6.18 Å². The van der Waals surface area contributed by atoms with Crippen LogP contribution in [0.25, 0.3) is 0 Å². The van der Waals surface area contributed by atoms with E-state index in [1.54, 1.807) is 0 Å². The Bertz CT molecular complexity index is 613. The third-order valence-electron chi connectivity index (χ3n) is 2.47. The summed E-state index contributed by atoms with van der Waals surface area (Å²) in [6, 6.07) is 5.70. The monoisotopic (exact) mass is 286 g/mol. The Balaban J connectivity index is 2.30. The van der Waals surface area contributed by atoms with Crippen molar-refractivity contribution in [1.82, 2.24) is 4.98 Å². The van der Waals surface area contributed by atoms with E-state index in [1.165, 1.54) is 24.4 Å². The molecule has 2 rings (SSSR count). The second-order valence-corrected chi connectivity index (χ2v) is 3.89. The Morgan fingerprint density at radius 1 is 1.05 bits per heavy atom. The van der Waals surface area contributed by atoms with Gasteiger partial charge in [-0.3, -0.25) is 0 Å². The van der Waals surface area contributed by atoms with E-state index in [9.17, 15) is 17.6 Å². The van der Waals surface area contributed by atoms with Gasteiger partial charge in [-0.25, -0.2) is 15.2 Å². The summed E-state index contributed by atoms with van der Waals surface area (Å²) in [5, 5.41) is 2.72. The van der Waals surface area contributed by atoms with Crippen molar-refractivity contribution in [3.63, 3.8) is 0 Å². The zero-order valence-corrected chi connectivity index (χ0v) is 10.0. The highest BCUT2D eigenvalue weighted by atomic mass is 19.4. The summed E-state index contributed by atoms with van der Waals surface area (Å²) < 4.78 is 50.9. The molecule has 2 aromatic rings. The summed E-state index contributed by atoms with van der Waals surface area (Å²) in [5.41, 5.74) is 1.55. The maximum absolute atomic E-state index is 13.1. The number of alkyl halides is 3. The molecule has 0 amide bonds. The van der Waals surface area contributed by atoms with Gasteiger partial charge in [-0.1, -0.05) is 0 Å². The van der Waals surface area contributed by atoms with Crippen LogP contribution in [0, 0.1) is 5.82 Å². The van der Waals surface area contributed by atoms with Gasteiger partial charge in [0.05, 0.1) is 5.56 Å². The minimum absolute atomic E-state index is 0.105. The van der Waals surface area contributed by atoms with Gasteiger partial charge in [0.2, 0.25) is 0 Å².